The molecule has 0 aliphatic rings. The number of nitrogens with one attached hydrogen (secondary N) is 1. The molecule has 0 saturated heterocycles. The van der Waals surface area contributed by atoms with Crippen molar-refractivity contribution < 1.29 is 13.0 Å². The maximum Gasteiger partial charge on any atom is 0.286 e. The average Bonchev–Trinajstić information content (AvgIpc) is 2.16. The van der Waals surface area contributed by atoms with Crippen molar-refractivity contribution in [1.82, 2.24) is 9.71 Å². The number of halogens is 2. The second-order valence-electron chi connectivity index (χ2n) is 3.60. The predicted molar refractivity (Wildman–Crippen MR) is 61.8 cm³/mol. The summed E-state index contributed by atoms with van der Waals surface area (Å²) >= 11 is 0. The van der Waals surface area contributed by atoms with Gasteiger partial charge in [-0.25, -0.2) is 8.93 Å². The predicted octanol–water partition coefficient (Wildman–Crippen LogP) is 1.24. The molecule has 0 aliphatic carbocycles. The van der Waals surface area contributed by atoms with E-state index in [1.54, 1.807) is 6.19 Å². The van der Waals surface area contributed by atoms with Gasteiger partial charge in [0.25, 0.3) is 5.92 Å². The first kappa shape index (κ1) is 13.4. The minimum atomic E-state index is -3.00. The van der Waals surface area contributed by atoms with E-state index in [0.717, 1.165) is 13.0 Å². The molecular formula is C10H11F2N3OS. The summed E-state index contributed by atoms with van der Waals surface area (Å²) < 4.78 is 39.5. The van der Waals surface area contributed by atoms with Crippen LogP contribution in [0.4, 0.5) is 8.78 Å². The summed E-state index contributed by atoms with van der Waals surface area (Å²) in [5.74, 6) is -3.00. The molecule has 1 rings (SSSR count). The Balaban J connectivity index is 3.06. The first-order chi connectivity index (χ1) is 7.74. The van der Waals surface area contributed by atoms with E-state index in [-0.39, 0.29) is 5.69 Å². The Labute approximate surface area is 98.4 Å². The number of alkyl halides is 2. The smallest absolute Gasteiger partial charge is 0.254 e. The highest BCUT2D eigenvalue weighted by Gasteiger charge is 2.25. The summed E-state index contributed by atoms with van der Waals surface area (Å²) in [7, 11) is -2.65. The topological polar surface area (TPSA) is 65.8 Å². The summed E-state index contributed by atoms with van der Waals surface area (Å²) in [4.78, 5) is 3.58. The molecule has 0 spiro atoms. The number of hydrogen-bond donors (Lipinski definition) is 1. The van der Waals surface area contributed by atoms with Crippen molar-refractivity contribution in [3.05, 3.63) is 29.6 Å². The van der Waals surface area contributed by atoms with Crippen molar-refractivity contribution >= 4 is 15.1 Å². The van der Waals surface area contributed by atoms with Gasteiger partial charge in [0.2, 0.25) is 0 Å². The van der Waals surface area contributed by atoms with E-state index in [1.165, 1.54) is 23.9 Å². The summed E-state index contributed by atoms with van der Waals surface area (Å²) in [5.41, 5.74) is 0.0544. The fraction of sp³-hybridized carbons (Fsp3) is 0.300. The molecule has 0 saturated carbocycles. The van der Waals surface area contributed by atoms with Gasteiger partial charge in [0, 0.05) is 30.3 Å². The Morgan fingerprint density at radius 1 is 1.59 bits per heavy atom. The van der Waals surface area contributed by atoms with Crippen molar-refractivity contribution in [2.75, 3.05) is 6.26 Å². The lowest BCUT2D eigenvalue weighted by atomic mass is 10.2. The average molecular weight is 259 g/mol. The van der Waals surface area contributed by atoms with E-state index in [9.17, 15) is 13.0 Å². The molecule has 0 radical (unpaired) electrons. The minimum Gasteiger partial charge on any atom is -0.254 e. The number of aromatic nitrogens is 1. The van der Waals surface area contributed by atoms with Crippen LogP contribution in [0.3, 0.4) is 0 Å². The highest BCUT2D eigenvalue weighted by molar-refractivity contribution is 7.99. The fourth-order valence-electron chi connectivity index (χ4n) is 1.11. The molecule has 0 bridgehead atoms. The zero-order valence-electron chi connectivity index (χ0n) is 9.28. The van der Waals surface area contributed by atoms with Gasteiger partial charge in [-0.15, -0.1) is 0 Å². The highest BCUT2D eigenvalue weighted by Crippen LogP contribution is 2.24. The number of nitriles is 1. The molecule has 1 N–H and O–H groups in total. The zero-order valence-corrected chi connectivity index (χ0v) is 10.1. The van der Waals surface area contributed by atoms with Crippen molar-refractivity contribution in [2.24, 2.45) is 0 Å². The Hall–Kier alpha value is -1.68. The Bertz CT molecular complexity index is 548. The molecular weight excluding hydrogens is 248 g/mol. The van der Waals surface area contributed by atoms with Crippen molar-refractivity contribution in [3.8, 4) is 6.19 Å². The third kappa shape index (κ3) is 4.00. The third-order valence-electron chi connectivity index (χ3n) is 1.85. The normalized spacial score (nSPS) is 14.5. The molecule has 4 nitrogen and oxygen atoms in total. The number of pyridine rings is 1. The lowest BCUT2D eigenvalue weighted by Crippen LogP contribution is -2.19. The minimum absolute atomic E-state index is 0.356. The first-order valence-electron chi connectivity index (χ1n) is 4.59. The van der Waals surface area contributed by atoms with Crippen LogP contribution in [0.1, 0.15) is 18.2 Å². The summed E-state index contributed by atoms with van der Waals surface area (Å²) in [5, 5.41) is 9.63. The SMILES string of the molecule is CC(F)(F)c1ccc(C=S(C)(=O)NC#N)cn1. The molecule has 0 aliphatic heterocycles. The molecule has 1 unspecified atom stereocenters. The van der Waals surface area contributed by atoms with E-state index in [4.69, 9.17) is 5.26 Å². The quantitative estimate of drug-likeness (QED) is 0.504. The van der Waals surface area contributed by atoms with Gasteiger partial charge in [-0.3, -0.25) is 4.98 Å². The van der Waals surface area contributed by atoms with Crippen molar-refractivity contribution in [3.63, 3.8) is 0 Å². The maximum absolute atomic E-state index is 12.9. The number of nitrogens with zero attached hydrogens (tertiary/aromatic N) is 2. The van der Waals surface area contributed by atoms with Gasteiger partial charge in [0.1, 0.15) is 5.69 Å². The molecule has 7 heteroatoms. The Morgan fingerprint density at radius 3 is 2.65 bits per heavy atom. The Kier molecular flexibility index (Phi) is 3.68. The van der Waals surface area contributed by atoms with Gasteiger partial charge in [0.15, 0.2) is 6.19 Å². The standard InChI is InChI=1S/C10H11F2N3OS/c1-10(11,12)9-4-3-8(5-14-9)6-17(2,16)15-7-13/h3-6H,1-2H3,(H,15,16). The maximum atomic E-state index is 12.9. The number of rotatable bonds is 3. The summed E-state index contributed by atoms with van der Waals surface area (Å²) in [6.07, 6.45) is 4.09. The molecule has 0 aromatic carbocycles. The van der Waals surface area contributed by atoms with Gasteiger partial charge in [-0.05, 0) is 6.07 Å². The van der Waals surface area contributed by atoms with Crippen LogP contribution in [0, 0.1) is 11.5 Å². The highest BCUT2D eigenvalue weighted by atomic mass is 32.2. The van der Waals surface area contributed by atoms with Crippen LogP contribution in [0.5, 0.6) is 0 Å². The van der Waals surface area contributed by atoms with Crippen molar-refractivity contribution in [2.45, 2.75) is 12.8 Å². The van der Waals surface area contributed by atoms with Crippen LogP contribution < -0.4 is 4.72 Å². The molecule has 0 fully saturated rings. The van der Waals surface area contributed by atoms with Gasteiger partial charge in [0.05, 0.1) is 9.71 Å². The van der Waals surface area contributed by atoms with Crippen LogP contribution in [0.25, 0.3) is 0 Å². The van der Waals surface area contributed by atoms with Gasteiger partial charge in [-0.2, -0.15) is 14.0 Å². The largest absolute Gasteiger partial charge is 0.286 e. The molecule has 1 heterocycles. The molecule has 0 amide bonds. The third-order valence-corrected chi connectivity index (χ3v) is 3.06. The second-order valence-corrected chi connectivity index (χ2v) is 5.85. The molecule has 1 atom stereocenters. The zero-order chi connectivity index (χ0) is 13.1. The molecule has 1 aromatic rings. The van der Waals surface area contributed by atoms with Crippen LogP contribution >= 0.6 is 0 Å². The summed E-state index contributed by atoms with van der Waals surface area (Å²) in [6, 6.07) is 2.54. The van der Waals surface area contributed by atoms with Gasteiger partial charge in [-0.1, -0.05) is 6.07 Å². The molecule has 1 aromatic heterocycles. The second kappa shape index (κ2) is 4.67. The van der Waals surface area contributed by atoms with Crippen LogP contribution in [-0.4, -0.2) is 20.8 Å². The monoisotopic (exact) mass is 259 g/mol. The van der Waals surface area contributed by atoms with E-state index in [1.807, 2.05) is 0 Å². The van der Waals surface area contributed by atoms with Crippen LogP contribution in [-0.2, 0) is 15.6 Å². The fourth-order valence-corrected chi connectivity index (χ4v) is 2.01. The van der Waals surface area contributed by atoms with Crippen molar-refractivity contribution in [1.29, 1.82) is 5.26 Å². The lowest BCUT2D eigenvalue weighted by molar-refractivity contribution is 0.0128. The van der Waals surface area contributed by atoms with Crippen LogP contribution in [0.15, 0.2) is 18.3 Å². The molecule has 17 heavy (non-hydrogen) atoms. The van der Waals surface area contributed by atoms with E-state index < -0.39 is 15.6 Å². The Morgan fingerprint density at radius 2 is 2.24 bits per heavy atom. The van der Waals surface area contributed by atoms with E-state index in [0.29, 0.717) is 5.56 Å². The van der Waals surface area contributed by atoms with E-state index >= 15 is 0 Å². The van der Waals surface area contributed by atoms with Gasteiger partial charge < -0.3 is 0 Å². The molecule has 92 valence electrons. The first-order valence-corrected chi connectivity index (χ1v) is 6.62. The lowest BCUT2D eigenvalue weighted by Gasteiger charge is -2.09. The van der Waals surface area contributed by atoms with E-state index in [2.05, 4.69) is 9.71 Å². The summed E-state index contributed by atoms with van der Waals surface area (Å²) in [6.45, 7) is 0.749. The number of hydrogen-bond acceptors (Lipinski definition) is 3. The van der Waals surface area contributed by atoms with Gasteiger partial charge >= 0.3 is 0 Å². The van der Waals surface area contributed by atoms with Crippen LogP contribution in [0.2, 0.25) is 0 Å².